The van der Waals surface area contributed by atoms with Crippen LogP contribution in [0, 0.1) is 5.92 Å². The molecule has 3 amide bonds. The highest BCUT2D eigenvalue weighted by Crippen LogP contribution is 2.17. The van der Waals surface area contributed by atoms with Gasteiger partial charge in [0.15, 0.2) is 0 Å². The first-order valence-electron chi connectivity index (χ1n) is 8.78. The first-order valence-corrected chi connectivity index (χ1v) is 8.78. The quantitative estimate of drug-likeness (QED) is 0.581. The van der Waals surface area contributed by atoms with Crippen molar-refractivity contribution in [3.05, 3.63) is 24.3 Å². The standard InChI is InChI=1S/C18H25N3O5/c1-2-3-10-26-15-6-4-14(5-7-15)20-18(25)19-8-9-21-12-13(17(23)24)11-16(21)22/h4-7,13H,2-3,8-12H2,1H3,(H,23,24)(H2,19,20,25). The fourth-order valence-corrected chi connectivity index (χ4v) is 2.60. The van der Waals surface area contributed by atoms with Crippen molar-refractivity contribution in [3.8, 4) is 5.75 Å². The van der Waals surface area contributed by atoms with E-state index in [2.05, 4.69) is 17.6 Å². The molecule has 8 heteroatoms. The van der Waals surface area contributed by atoms with Gasteiger partial charge in [-0.2, -0.15) is 0 Å². The van der Waals surface area contributed by atoms with E-state index < -0.39 is 11.9 Å². The minimum Gasteiger partial charge on any atom is -0.494 e. The summed E-state index contributed by atoms with van der Waals surface area (Å²) in [6.07, 6.45) is 2.09. The average molecular weight is 363 g/mol. The number of benzene rings is 1. The Kier molecular flexibility index (Phi) is 7.25. The van der Waals surface area contributed by atoms with Crippen LogP contribution in [0.25, 0.3) is 0 Å². The Balaban J connectivity index is 1.69. The van der Waals surface area contributed by atoms with Crippen LogP contribution in [0.15, 0.2) is 24.3 Å². The number of nitrogens with one attached hydrogen (secondary N) is 2. The van der Waals surface area contributed by atoms with Gasteiger partial charge in [-0.1, -0.05) is 13.3 Å². The lowest BCUT2D eigenvalue weighted by Crippen LogP contribution is -2.37. The maximum Gasteiger partial charge on any atom is 0.319 e. The van der Waals surface area contributed by atoms with Crippen molar-refractivity contribution in [1.29, 1.82) is 0 Å². The molecular weight excluding hydrogens is 338 g/mol. The summed E-state index contributed by atoms with van der Waals surface area (Å²) in [5.74, 6) is -1.06. The van der Waals surface area contributed by atoms with E-state index in [1.807, 2.05) is 0 Å². The third-order valence-electron chi connectivity index (χ3n) is 4.11. The zero-order chi connectivity index (χ0) is 18.9. The van der Waals surface area contributed by atoms with Crippen molar-refractivity contribution in [2.24, 2.45) is 5.92 Å². The van der Waals surface area contributed by atoms with Gasteiger partial charge in [0.25, 0.3) is 0 Å². The molecular formula is C18H25N3O5. The van der Waals surface area contributed by atoms with Crippen molar-refractivity contribution < 1.29 is 24.2 Å². The molecule has 0 saturated carbocycles. The number of aliphatic carboxylic acids is 1. The number of amides is 3. The van der Waals surface area contributed by atoms with E-state index in [1.165, 1.54) is 4.90 Å². The van der Waals surface area contributed by atoms with Gasteiger partial charge in [-0.15, -0.1) is 0 Å². The molecule has 2 rings (SSSR count). The van der Waals surface area contributed by atoms with Crippen molar-refractivity contribution in [3.63, 3.8) is 0 Å². The minimum atomic E-state index is -0.964. The second kappa shape index (κ2) is 9.65. The normalized spacial score (nSPS) is 16.4. The number of nitrogens with zero attached hydrogens (tertiary/aromatic N) is 1. The highest BCUT2D eigenvalue weighted by molar-refractivity contribution is 5.89. The lowest BCUT2D eigenvalue weighted by molar-refractivity contribution is -0.141. The van der Waals surface area contributed by atoms with Gasteiger partial charge in [0.05, 0.1) is 12.5 Å². The Morgan fingerprint density at radius 2 is 2.04 bits per heavy atom. The number of carboxylic acid groups (broad SMARTS) is 1. The highest BCUT2D eigenvalue weighted by atomic mass is 16.5. The summed E-state index contributed by atoms with van der Waals surface area (Å²) in [5, 5.41) is 14.3. The van der Waals surface area contributed by atoms with Crippen LogP contribution in [0.5, 0.6) is 5.75 Å². The zero-order valence-corrected chi connectivity index (χ0v) is 14.9. The Morgan fingerprint density at radius 1 is 1.31 bits per heavy atom. The number of urea groups is 1. The molecule has 0 aliphatic carbocycles. The van der Waals surface area contributed by atoms with Crippen LogP contribution in [0.4, 0.5) is 10.5 Å². The number of carboxylic acids is 1. The number of likely N-dealkylation sites (tertiary alicyclic amines) is 1. The molecule has 3 N–H and O–H groups in total. The number of hydrogen-bond acceptors (Lipinski definition) is 4. The molecule has 1 atom stereocenters. The lowest BCUT2D eigenvalue weighted by atomic mass is 10.1. The number of hydrogen-bond donors (Lipinski definition) is 3. The van der Waals surface area contributed by atoms with Gasteiger partial charge in [-0.05, 0) is 30.7 Å². The maximum atomic E-state index is 11.9. The van der Waals surface area contributed by atoms with Crippen molar-refractivity contribution >= 4 is 23.6 Å². The largest absolute Gasteiger partial charge is 0.494 e. The van der Waals surface area contributed by atoms with Crippen LogP contribution in [-0.2, 0) is 9.59 Å². The Hall–Kier alpha value is -2.77. The molecule has 1 aliphatic rings. The molecule has 0 radical (unpaired) electrons. The van der Waals surface area contributed by atoms with E-state index in [1.54, 1.807) is 24.3 Å². The lowest BCUT2D eigenvalue weighted by Gasteiger charge is -2.16. The average Bonchev–Trinajstić information content (AvgIpc) is 2.98. The van der Waals surface area contributed by atoms with Crippen LogP contribution in [0.3, 0.4) is 0 Å². The predicted molar refractivity (Wildman–Crippen MR) is 96.2 cm³/mol. The van der Waals surface area contributed by atoms with E-state index in [0.717, 1.165) is 18.6 Å². The molecule has 142 valence electrons. The van der Waals surface area contributed by atoms with Gasteiger partial charge in [-0.3, -0.25) is 9.59 Å². The Labute approximate surface area is 152 Å². The van der Waals surface area contributed by atoms with E-state index in [4.69, 9.17) is 9.84 Å². The van der Waals surface area contributed by atoms with E-state index in [-0.39, 0.29) is 31.4 Å². The number of carbonyl (C=O) groups is 3. The zero-order valence-electron chi connectivity index (χ0n) is 14.9. The summed E-state index contributed by atoms with van der Waals surface area (Å²) in [7, 11) is 0. The number of ether oxygens (including phenoxy) is 1. The molecule has 0 aromatic heterocycles. The van der Waals surface area contributed by atoms with Gasteiger partial charge in [-0.25, -0.2) is 4.79 Å². The molecule has 1 fully saturated rings. The van der Waals surface area contributed by atoms with E-state index in [9.17, 15) is 14.4 Å². The number of rotatable bonds is 9. The van der Waals surface area contributed by atoms with Crippen molar-refractivity contribution in [2.45, 2.75) is 26.2 Å². The summed E-state index contributed by atoms with van der Waals surface area (Å²) in [5.41, 5.74) is 0.633. The van der Waals surface area contributed by atoms with Gasteiger partial charge in [0, 0.05) is 31.7 Å². The number of anilines is 1. The Bertz CT molecular complexity index is 632. The van der Waals surface area contributed by atoms with Gasteiger partial charge >= 0.3 is 12.0 Å². The summed E-state index contributed by atoms with van der Waals surface area (Å²) < 4.78 is 5.56. The summed E-state index contributed by atoms with van der Waals surface area (Å²) >= 11 is 0. The number of carbonyl (C=O) groups excluding carboxylic acids is 2. The van der Waals surface area contributed by atoms with Crippen LogP contribution < -0.4 is 15.4 Å². The van der Waals surface area contributed by atoms with Crippen LogP contribution in [-0.4, -0.2) is 54.2 Å². The van der Waals surface area contributed by atoms with Crippen molar-refractivity contribution in [2.75, 3.05) is 31.6 Å². The van der Waals surface area contributed by atoms with Crippen LogP contribution >= 0.6 is 0 Å². The summed E-state index contributed by atoms with van der Waals surface area (Å²) in [4.78, 5) is 36.0. The molecule has 26 heavy (non-hydrogen) atoms. The maximum absolute atomic E-state index is 11.9. The molecule has 1 unspecified atom stereocenters. The molecule has 0 bridgehead atoms. The molecule has 1 aromatic rings. The van der Waals surface area contributed by atoms with E-state index in [0.29, 0.717) is 18.8 Å². The smallest absolute Gasteiger partial charge is 0.319 e. The van der Waals surface area contributed by atoms with Gasteiger partial charge in [0.2, 0.25) is 5.91 Å². The van der Waals surface area contributed by atoms with Gasteiger partial charge in [0.1, 0.15) is 5.75 Å². The van der Waals surface area contributed by atoms with Crippen LogP contribution in [0.2, 0.25) is 0 Å². The summed E-state index contributed by atoms with van der Waals surface area (Å²) in [6, 6.07) is 6.71. The summed E-state index contributed by atoms with van der Waals surface area (Å²) in [6.45, 7) is 3.50. The van der Waals surface area contributed by atoms with Crippen LogP contribution in [0.1, 0.15) is 26.2 Å². The first kappa shape index (κ1) is 19.6. The molecule has 1 heterocycles. The molecule has 8 nitrogen and oxygen atoms in total. The third kappa shape index (κ3) is 5.94. The third-order valence-corrected chi connectivity index (χ3v) is 4.11. The predicted octanol–water partition coefficient (Wildman–Crippen LogP) is 1.92. The molecule has 1 aromatic carbocycles. The monoisotopic (exact) mass is 363 g/mol. The molecule has 1 aliphatic heterocycles. The van der Waals surface area contributed by atoms with Gasteiger partial charge < -0.3 is 25.4 Å². The second-order valence-corrected chi connectivity index (χ2v) is 6.19. The molecule has 0 spiro atoms. The SMILES string of the molecule is CCCCOc1ccc(NC(=O)NCCN2CC(C(=O)O)CC2=O)cc1. The fourth-order valence-electron chi connectivity index (χ4n) is 2.60. The highest BCUT2D eigenvalue weighted by Gasteiger charge is 2.33. The molecule has 1 saturated heterocycles. The van der Waals surface area contributed by atoms with E-state index >= 15 is 0 Å². The minimum absolute atomic E-state index is 0.0220. The van der Waals surface area contributed by atoms with Crippen molar-refractivity contribution in [1.82, 2.24) is 10.2 Å². The fraction of sp³-hybridized carbons (Fsp3) is 0.500. The second-order valence-electron chi connectivity index (χ2n) is 6.19. The number of unbranched alkanes of at least 4 members (excludes halogenated alkanes) is 1. The first-order chi connectivity index (χ1) is 12.5. The Morgan fingerprint density at radius 3 is 2.65 bits per heavy atom. The topological polar surface area (TPSA) is 108 Å².